The minimum absolute atomic E-state index is 0.0772. The minimum Gasteiger partial charge on any atom is -0.342 e. The number of carbonyl (C=O) groups excluding carboxylic acids is 1. The van der Waals surface area contributed by atoms with Gasteiger partial charge in [-0.15, -0.1) is 0 Å². The highest BCUT2D eigenvalue weighted by molar-refractivity contribution is 5.79. The number of aromatic amines is 1. The lowest BCUT2D eigenvalue weighted by Crippen LogP contribution is -2.44. The predicted octanol–water partition coefficient (Wildman–Crippen LogP) is 2.19. The third kappa shape index (κ3) is 3.85. The SMILES string of the molecule is CC1NN(c2ccccc2)c2nc(C3CCN(C(=O)C4CCNCC4)CC3)[nH]c(=O)c21. The molecule has 2 aromatic rings. The normalized spacial score (nSPS) is 22.5. The van der Waals surface area contributed by atoms with E-state index in [0.29, 0.717) is 17.3 Å². The van der Waals surface area contributed by atoms with Gasteiger partial charge in [-0.3, -0.25) is 14.6 Å². The third-order valence-corrected chi connectivity index (χ3v) is 6.82. The van der Waals surface area contributed by atoms with Crippen LogP contribution in [0.4, 0.5) is 11.5 Å². The van der Waals surface area contributed by atoms with Crippen molar-refractivity contribution in [2.75, 3.05) is 31.2 Å². The number of piperidine rings is 2. The number of aromatic nitrogens is 2. The summed E-state index contributed by atoms with van der Waals surface area (Å²) in [5.41, 5.74) is 4.91. The largest absolute Gasteiger partial charge is 0.342 e. The first-order valence-electron chi connectivity index (χ1n) is 11.4. The summed E-state index contributed by atoms with van der Waals surface area (Å²) < 4.78 is 0. The number of para-hydroxylation sites is 1. The number of H-pyrrole nitrogens is 1. The second kappa shape index (κ2) is 8.43. The van der Waals surface area contributed by atoms with E-state index in [9.17, 15) is 9.59 Å². The molecule has 3 N–H and O–H groups in total. The molecule has 0 radical (unpaired) electrons. The van der Waals surface area contributed by atoms with Gasteiger partial charge in [0.2, 0.25) is 5.91 Å². The molecule has 1 amide bonds. The van der Waals surface area contributed by atoms with Gasteiger partial charge >= 0.3 is 0 Å². The monoisotopic (exact) mass is 422 g/mol. The van der Waals surface area contributed by atoms with Gasteiger partial charge < -0.3 is 15.2 Å². The van der Waals surface area contributed by atoms with Crippen LogP contribution in [-0.4, -0.2) is 47.0 Å². The maximum Gasteiger partial charge on any atom is 0.257 e. The van der Waals surface area contributed by atoms with Crippen LogP contribution < -0.4 is 21.3 Å². The average Bonchev–Trinajstić information content (AvgIpc) is 3.16. The van der Waals surface area contributed by atoms with E-state index in [1.165, 1.54) is 0 Å². The van der Waals surface area contributed by atoms with Crippen molar-refractivity contribution in [3.63, 3.8) is 0 Å². The van der Waals surface area contributed by atoms with E-state index in [1.54, 1.807) is 0 Å². The quantitative estimate of drug-likeness (QED) is 0.702. The Kier molecular flexibility index (Phi) is 5.50. The lowest BCUT2D eigenvalue weighted by molar-refractivity contribution is -0.137. The Labute approximate surface area is 182 Å². The Morgan fingerprint density at radius 1 is 1.06 bits per heavy atom. The van der Waals surface area contributed by atoms with Crippen molar-refractivity contribution < 1.29 is 4.79 Å². The van der Waals surface area contributed by atoms with Crippen molar-refractivity contribution in [2.24, 2.45) is 5.92 Å². The minimum atomic E-state index is -0.107. The Bertz CT molecular complexity index is 993. The molecule has 0 bridgehead atoms. The molecule has 1 atom stereocenters. The lowest BCUT2D eigenvalue weighted by atomic mass is 9.92. The van der Waals surface area contributed by atoms with Crippen molar-refractivity contribution in [3.05, 3.63) is 52.1 Å². The number of hydrogen-bond donors (Lipinski definition) is 3. The molecule has 2 fully saturated rings. The number of anilines is 2. The lowest BCUT2D eigenvalue weighted by Gasteiger charge is -2.35. The molecule has 2 saturated heterocycles. The smallest absolute Gasteiger partial charge is 0.257 e. The Morgan fingerprint density at radius 2 is 1.77 bits per heavy atom. The number of hydrogen-bond acceptors (Lipinski definition) is 6. The number of rotatable bonds is 3. The summed E-state index contributed by atoms with van der Waals surface area (Å²) in [6.07, 6.45) is 3.51. The van der Waals surface area contributed by atoms with Crippen molar-refractivity contribution in [1.29, 1.82) is 0 Å². The van der Waals surface area contributed by atoms with E-state index in [4.69, 9.17) is 4.98 Å². The first-order chi connectivity index (χ1) is 15.1. The van der Waals surface area contributed by atoms with Gasteiger partial charge in [-0.2, -0.15) is 0 Å². The van der Waals surface area contributed by atoms with Crippen molar-refractivity contribution in [1.82, 2.24) is 25.6 Å². The number of fused-ring (bicyclic) bond motifs is 1. The molecule has 3 aliphatic rings. The molecule has 4 heterocycles. The maximum atomic E-state index is 12.9. The topological polar surface area (TPSA) is 93.4 Å². The van der Waals surface area contributed by atoms with Gasteiger partial charge in [0.1, 0.15) is 5.82 Å². The van der Waals surface area contributed by atoms with Crippen LogP contribution in [0.15, 0.2) is 35.1 Å². The summed E-state index contributed by atoms with van der Waals surface area (Å²) in [6.45, 7) is 5.29. The number of nitrogens with one attached hydrogen (secondary N) is 3. The number of carbonyl (C=O) groups is 1. The number of likely N-dealkylation sites (tertiary alicyclic amines) is 1. The molecule has 0 saturated carbocycles. The van der Waals surface area contributed by atoms with Crippen LogP contribution in [0.5, 0.6) is 0 Å². The molecule has 5 rings (SSSR count). The van der Waals surface area contributed by atoms with Gasteiger partial charge in [0.05, 0.1) is 17.3 Å². The highest BCUT2D eigenvalue weighted by atomic mass is 16.2. The second-order valence-corrected chi connectivity index (χ2v) is 8.83. The molecule has 164 valence electrons. The van der Waals surface area contributed by atoms with Gasteiger partial charge in [0.25, 0.3) is 5.56 Å². The molecule has 8 heteroatoms. The Balaban J connectivity index is 1.34. The summed E-state index contributed by atoms with van der Waals surface area (Å²) in [4.78, 5) is 35.7. The first-order valence-corrected chi connectivity index (χ1v) is 11.4. The van der Waals surface area contributed by atoms with Gasteiger partial charge in [0.15, 0.2) is 5.82 Å². The first kappa shape index (κ1) is 20.2. The summed E-state index contributed by atoms with van der Waals surface area (Å²) in [7, 11) is 0. The standard InChI is InChI=1S/C23H30N6O2/c1-15-19-21(29(27-15)18-5-3-2-4-6-18)25-20(26-22(19)30)16-9-13-28(14-10-16)23(31)17-7-11-24-12-8-17/h2-6,15-17,24,27H,7-14H2,1H3,(H,25,26,30). The van der Waals surface area contributed by atoms with Crippen LogP contribution >= 0.6 is 0 Å². The zero-order chi connectivity index (χ0) is 21.4. The molecule has 0 spiro atoms. The van der Waals surface area contributed by atoms with Crippen LogP contribution in [0, 0.1) is 5.92 Å². The second-order valence-electron chi connectivity index (χ2n) is 8.83. The molecule has 1 aromatic heterocycles. The predicted molar refractivity (Wildman–Crippen MR) is 119 cm³/mol. The Morgan fingerprint density at radius 3 is 2.48 bits per heavy atom. The maximum absolute atomic E-state index is 12.9. The number of nitrogens with zero attached hydrogens (tertiary/aromatic N) is 3. The fourth-order valence-electron chi connectivity index (χ4n) is 5.04. The molecule has 1 aromatic carbocycles. The van der Waals surface area contributed by atoms with Crippen LogP contribution in [0.2, 0.25) is 0 Å². The van der Waals surface area contributed by atoms with Crippen LogP contribution in [0.25, 0.3) is 0 Å². The van der Waals surface area contributed by atoms with E-state index in [2.05, 4.69) is 15.7 Å². The van der Waals surface area contributed by atoms with Crippen molar-refractivity contribution in [3.8, 4) is 0 Å². The Hall–Kier alpha value is -2.71. The van der Waals surface area contributed by atoms with E-state index in [0.717, 1.165) is 63.4 Å². The average molecular weight is 423 g/mol. The van der Waals surface area contributed by atoms with E-state index in [1.807, 2.05) is 47.2 Å². The van der Waals surface area contributed by atoms with E-state index in [-0.39, 0.29) is 23.4 Å². The fourth-order valence-corrected chi connectivity index (χ4v) is 5.04. The molecule has 31 heavy (non-hydrogen) atoms. The summed E-state index contributed by atoms with van der Waals surface area (Å²) in [5.74, 6) is 2.02. The zero-order valence-electron chi connectivity index (χ0n) is 17.9. The van der Waals surface area contributed by atoms with Gasteiger partial charge in [-0.05, 0) is 57.8 Å². The van der Waals surface area contributed by atoms with Crippen molar-refractivity contribution in [2.45, 2.75) is 44.6 Å². The highest BCUT2D eigenvalue weighted by Crippen LogP contribution is 2.35. The molecular weight excluding hydrogens is 392 g/mol. The molecule has 3 aliphatic heterocycles. The van der Waals surface area contributed by atoms with Crippen LogP contribution in [0.3, 0.4) is 0 Å². The van der Waals surface area contributed by atoms with Gasteiger partial charge in [-0.25, -0.2) is 10.4 Å². The van der Waals surface area contributed by atoms with Crippen LogP contribution in [0.1, 0.15) is 56.0 Å². The number of amides is 1. The van der Waals surface area contributed by atoms with Crippen LogP contribution in [-0.2, 0) is 4.79 Å². The zero-order valence-corrected chi connectivity index (χ0v) is 17.9. The van der Waals surface area contributed by atoms with Crippen molar-refractivity contribution >= 4 is 17.4 Å². The third-order valence-electron chi connectivity index (χ3n) is 6.82. The number of hydrazine groups is 1. The summed E-state index contributed by atoms with van der Waals surface area (Å²) >= 11 is 0. The molecule has 0 aliphatic carbocycles. The highest BCUT2D eigenvalue weighted by Gasteiger charge is 2.34. The fraction of sp³-hybridized carbons (Fsp3) is 0.522. The molecule has 1 unspecified atom stereocenters. The van der Waals surface area contributed by atoms with E-state index >= 15 is 0 Å². The molecular formula is C23H30N6O2. The van der Waals surface area contributed by atoms with E-state index < -0.39 is 0 Å². The summed E-state index contributed by atoms with van der Waals surface area (Å²) in [5, 5.41) is 5.23. The number of benzene rings is 1. The van der Waals surface area contributed by atoms with Gasteiger partial charge in [-0.1, -0.05) is 18.2 Å². The molecule has 8 nitrogen and oxygen atoms in total. The van der Waals surface area contributed by atoms with Gasteiger partial charge in [0, 0.05) is 24.9 Å². The summed E-state index contributed by atoms with van der Waals surface area (Å²) in [6, 6.07) is 9.82.